The summed E-state index contributed by atoms with van der Waals surface area (Å²) in [6.45, 7) is 1.27. The van der Waals surface area contributed by atoms with Gasteiger partial charge in [-0.3, -0.25) is 4.79 Å². The molecule has 0 atom stereocenters. The van der Waals surface area contributed by atoms with E-state index in [0.717, 1.165) is 4.57 Å². The molecule has 1 heterocycles. The molecule has 1 aromatic heterocycles. The van der Waals surface area contributed by atoms with Gasteiger partial charge in [-0.05, 0) is 0 Å². The van der Waals surface area contributed by atoms with Gasteiger partial charge < -0.3 is 0 Å². The third-order valence-corrected chi connectivity index (χ3v) is 0.935. The van der Waals surface area contributed by atoms with Crippen molar-refractivity contribution in [3.05, 3.63) is 18.5 Å². The molecule has 1 aromatic rings. The molecule has 0 unspecified atom stereocenters. The lowest BCUT2D eigenvalue weighted by atomic mass is 10.7. The molecular weight excluding hydrogens is 123 g/mol. The average molecular weight is 128 g/mol. The first kappa shape index (κ1) is 5.94. The Morgan fingerprint density at radius 1 is 1.89 bits per heavy atom. The van der Waals surface area contributed by atoms with Crippen molar-refractivity contribution in [1.29, 1.82) is 0 Å². The van der Waals surface area contributed by atoms with Gasteiger partial charge in [0.05, 0.1) is 0 Å². The average Bonchev–Trinajstić information content (AvgIpc) is 2.13. The molecule has 0 aliphatic heterocycles. The Labute approximate surface area is 51.1 Å². The second-order valence-electron chi connectivity index (χ2n) is 1.59. The van der Waals surface area contributed by atoms with Crippen molar-refractivity contribution in [2.75, 3.05) is 0 Å². The Bertz CT molecular complexity index is 231. The second-order valence-corrected chi connectivity index (χ2v) is 1.59. The summed E-state index contributed by atoms with van der Waals surface area (Å²) in [6.07, 6.45) is 1.75. The fourth-order valence-electron chi connectivity index (χ4n) is 0.520. The summed E-state index contributed by atoms with van der Waals surface area (Å²) < 4.78 is 13.1. The van der Waals surface area contributed by atoms with Crippen molar-refractivity contribution in [1.82, 2.24) is 9.55 Å². The summed E-state index contributed by atoms with van der Waals surface area (Å²) in [5, 5.41) is 0. The second kappa shape index (κ2) is 1.97. The molecule has 0 aromatic carbocycles. The van der Waals surface area contributed by atoms with Gasteiger partial charge in [-0.15, -0.1) is 0 Å². The highest BCUT2D eigenvalue weighted by Gasteiger charge is 2.02. The Balaban J connectivity index is 3.08. The van der Waals surface area contributed by atoms with E-state index < -0.39 is 6.08 Å². The van der Waals surface area contributed by atoms with E-state index >= 15 is 0 Å². The molecule has 48 valence electrons. The van der Waals surface area contributed by atoms with Gasteiger partial charge in [-0.25, -0.2) is 9.55 Å². The van der Waals surface area contributed by atoms with Crippen LogP contribution in [0.1, 0.15) is 11.7 Å². The van der Waals surface area contributed by atoms with Gasteiger partial charge in [0.25, 0.3) is 6.08 Å². The van der Waals surface area contributed by atoms with Crippen molar-refractivity contribution in [3.63, 3.8) is 0 Å². The molecule has 0 amide bonds. The van der Waals surface area contributed by atoms with Crippen molar-refractivity contribution in [3.8, 4) is 0 Å². The Morgan fingerprint density at radius 3 is 2.78 bits per heavy atom. The molecule has 0 aliphatic carbocycles. The number of aromatic nitrogens is 2. The highest BCUT2D eigenvalue weighted by Crippen LogP contribution is 1.92. The quantitative estimate of drug-likeness (QED) is 0.515. The summed E-state index contributed by atoms with van der Waals surface area (Å²) in [4.78, 5) is 13.6. The first-order valence-corrected chi connectivity index (χ1v) is 2.41. The van der Waals surface area contributed by atoms with E-state index in [1.807, 2.05) is 0 Å². The fraction of sp³-hybridized carbons (Fsp3) is 0.200. The Kier molecular flexibility index (Phi) is 1.30. The number of carbonyl (C=O) groups is 1. The van der Waals surface area contributed by atoms with Crippen LogP contribution in [-0.2, 0) is 0 Å². The van der Waals surface area contributed by atoms with E-state index in [1.165, 1.54) is 19.3 Å². The van der Waals surface area contributed by atoms with Crippen LogP contribution in [0.25, 0.3) is 0 Å². The molecular formula is C5H5FN2O. The SMILES string of the molecule is CC(=O)n1ccnc1F. The topological polar surface area (TPSA) is 34.9 Å². The van der Waals surface area contributed by atoms with Gasteiger partial charge in [-0.1, -0.05) is 0 Å². The van der Waals surface area contributed by atoms with Crippen molar-refractivity contribution < 1.29 is 9.18 Å². The van der Waals surface area contributed by atoms with Gasteiger partial charge in [-0.2, -0.15) is 4.39 Å². The lowest BCUT2D eigenvalue weighted by Crippen LogP contribution is -2.06. The summed E-state index contributed by atoms with van der Waals surface area (Å²) in [5.41, 5.74) is 0. The van der Waals surface area contributed by atoms with Crippen LogP contribution < -0.4 is 0 Å². The van der Waals surface area contributed by atoms with E-state index in [9.17, 15) is 9.18 Å². The number of hydrogen-bond acceptors (Lipinski definition) is 2. The predicted molar refractivity (Wildman–Crippen MR) is 28.5 cm³/mol. The molecule has 0 bridgehead atoms. The van der Waals surface area contributed by atoms with Crippen molar-refractivity contribution in [2.45, 2.75) is 6.92 Å². The van der Waals surface area contributed by atoms with E-state index in [2.05, 4.69) is 4.98 Å². The number of rotatable bonds is 0. The van der Waals surface area contributed by atoms with Gasteiger partial charge in [0.2, 0.25) is 5.91 Å². The van der Waals surface area contributed by atoms with Crippen LogP contribution in [0, 0.1) is 6.08 Å². The number of imidazole rings is 1. The maximum atomic E-state index is 12.2. The Hall–Kier alpha value is -1.19. The minimum absolute atomic E-state index is 0.370. The first-order chi connectivity index (χ1) is 4.22. The van der Waals surface area contributed by atoms with Gasteiger partial charge in [0.1, 0.15) is 0 Å². The van der Waals surface area contributed by atoms with Crippen LogP contribution in [0.5, 0.6) is 0 Å². The summed E-state index contributed by atoms with van der Waals surface area (Å²) in [7, 11) is 0. The van der Waals surface area contributed by atoms with Crippen LogP contribution in [0.3, 0.4) is 0 Å². The van der Waals surface area contributed by atoms with Gasteiger partial charge in [0.15, 0.2) is 0 Å². The third kappa shape index (κ3) is 0.960. The molecule has 0 saturated carbocycles. The van der Waals surface area contributed by atoms with E-state index in [1.54, 1.807) is 0 Å². The lowest BCUT2D eigenvalue weighted by molar-refractivity contribution is 0.0921. The minimum atomic E-state index is -0.762. The molecule has 0 radical (unpaired) electrons. The number of hydrogen-bond donors (Lipinski definition) is 0. The molecule has 1 rings (SSSR count). The summed E-state index contributed by atoms with van der Waals surface area (Å²) >= 11 is 0. The zero-order valence-corrected chi connectivity index (χ0v) is 4.84. The lowest BCUT2D eigenvalue weighted by Gasteiger charge is -1.90. The van der Waals surface area contributed by atoms with Crippen LogP contribution in [0.2, 0.25) is 0 Å². The van der Waals surface area contributed by atoms with Crippen molar-refractivity contribution >= 4 is 5.91 Å². The maximum absolute atomic E-state index is 12.2. The molecule has 0 saturated heterocycles. The first-order valence-electron chi connectivity index (χ1n) is 2.41. The molecule has 4 heteroatoms. The standard InChI is InChI=1S/C5H5FN2O/c1-4(9)8-3-2-7-5(8)6/h2-3H,1H3. The van der Waals surface area contributed by atoms with Gasteiger partial charge >= 0.3 is 0 Å². The maximum Gasteiger partial charge on any atom is 0.295 e. The monoisotopic (exact) mass is 128 g/mol. The highest BCUT2D eigenvalue weighted by atomic mass is 19.1. The molecule has 9 heavy (non-hydrogen) atoms. The van der Waals surface area contributed by atoms with E-state index in [4.69, 9.17) is 0 Å². The molecule has 0 fully saturated rings. The van der Waals surface area contributed by atoms with Crippen molar-refractivity contribution in [2.24, 2.45) is 0 Å². The van der Waals surface area contributed by atoms with Gasteiger partial charge in [0, 0.05) is 19.3 Å². The number of carbonyl (C=O) groups excluding carboxylic acids is 1. The van der Waals surface area contributed by atoms with E-state index in [0.29, 0.717) is 0 Å². The molecule has 0 spiro atoms. The molecule has 0 aliphatic rings. The highest BCUT2D eigenvalue weighted by molar-refractivity contribution is 5.75. The predicted octanol–water partition coefficient (Wildman–Crippen LogP) is 0.682. The van der Waals surface area contributed by atoms with Crippen LogP contribution in [0.4, 0.5) is 4.39 Å². The summed E-state index contributed by atoms with van der Waals surface area (Å²) in [5.74, 6) is -0.370. The number of nitrogens with zero attached hydrogens (tertiary/aromatic N) is 2. The number of halogens is 1. The smallest absolute Gasteiger partial charge is 0.274 e. The largest absolute Gasteiger partial charge is 0.295 e. The minimum Gasteiger partial charge on any atom is -0.274 e. The zero-order valence-electron chi connectivity index (χ0n) is 4.84. The molecule has 3 nitrogen and oxygen atoms in total. The molecule has 0 N–H and O–H groups in total. The van der Waals surface area contributed by atoms with Crippen LogP contribution in [-0.4, -0.2) is 15.5 Å². The van der Waals surface area contributed by atoms with Crippen LogP contribution >= 0.6 is 0 Å². The van der Waals surface area contributed by atoms with Crippen LogP contribution in [0.15, 0.2) is 12.4 Å². The van der Waals surface area contributed by atoms with E-state index in [-0.39, 0.29) is 5.91 Å². The normalized spacial score (nSPS) is 9.56. The summed E-state index contributed by atoms with van der Waals surface area (Å²) in [6, 6.07) is 0. The zero-order chi connectivity index (χ0) is 6.85. The Morgan fingerprint density at radius 2 is 2.56 bits per heavy atom. The third-order valence-electron chi connectivity index (χ3n) is 0.935. The fourth-order valence-corrected chi connectivity index (χ4v) is 0.520.